The van der Waals surface area contributed by atoms with Gasteiger partial charge in [0, 0.05) is 61.0 Å². The lowest BCUT2D eigenvalue weighted by molar-refractivity contribution is 0.613. The van der Waals surface area contributed by atoms with E-state index in [1.807, 2.05) is 18.0 Å². The molecule has 0 saturated carbocycles. The topological polar surface area (TPSA) is 35.1 Å². The van der Waals surface area contributed by atoms with Crippen LogP contribution in [0, 0.1) is 0 Å². The van der Waals surface area contributed by atoms with Crippen molar-refractivity contribution in [3.63, 3.8) is 0 Å². The Balaban J connectivity index is 1.16. The van der Waals surface area contributed by atoms with Crippen molar-refractivity contribution in [2.24, 2.45) is 0 Å². The van der Waals surface area contributed by atoms with Crippen LogP contribution in [-0.4, -0.2) is 27.0 Å². The molecule has 59 heavy (non-hydrogen) atoms. The lowest BCUT2D eigenvalue weighted by atomic mass is 9.76. The SMILES string of the molecule is CC1(C)c2ccccc2Sc2cnc3c(c21)c1ccccc1n3-c1cccc([Si](c2ccccc2)(c2ccccc2)c2ccc3c4ccccc4n4ccnc4c3c2)c1. The van der Waals surface area contributed by atoms with Gasteiger partial charge in [0.15, 0.2) is 8.07 Å². The van der Waals surface area contributed by atoms with Gasteiger partial charge in [-0.05, 0) is 67.6 Å². The maximum atomic E-state index is 5.34. The smallest absolute Gasteiger partial charge is 0.179 e. The number of imidazole rings is 1. The van der Waals surface area contributed by atoms with Gasteiger partial charge >= 0.3 is 0 Å². The summed E-state index contributed by atoms with van der Waals surface area (Å²) in [5, 5.41) is 11.3. The molecule has 0 amide bonds. The van der Waals surface area contributed by atoms with Crippen molar-refractivity contribution in [1.82, 2.24) is 18.9 Å². The third-order valence-electron chi connectivity index (χ3n) is 12.8. The van der Waals surface area contributed by atoms with E-state index in [9.17, 15) is 0 Å². The predicted molar refractivity (Wildman–Crippen MR) is 249 cm³/mol. The number of pyridine rings is 2. The summed E-state index contributed by atoms with van der Waals surface area (Å²) in [6.07, 6.45) is 6.12. The van der Waals surface area contributed by atoms with Crippen LogP contribution in [0.2, 0.25) is 0 Å². The molecule has 0 saturated heterocycles. The van der Waals surface area contributed by atoms with Crippen molar-refractivity contribution in [2.75, 3.05) is 0 Å². The van der Waals surface area contributed by atoms with E-state index in [0.29, 0.717) is 0 Å². The maximum absolute atomic E-state index is 5.34. The van der Waals surface area contributed by atoms with Gasteiger partial charge in [0.25, 0.3) is 0 Å². The van der Waals surface area contributed by atoms with Crippen LogP contribution in [0.15, 0.2) is 204 Å². The quantitative estimate of drug-likeness (QED) is 0.0990. The molecule has 280 valence electrons. The average Bonchev–Trinajstić information content (AvgIpc) is 3.92. The minimum Gasteiger partial charge on any atom is -0.299 e. The first kappa shape index (κ1) is 34.3. The Labute approximate surface area is 347 Å². The first-order valence-corrected chi connectivity index (χ1v) is 23.0. The van der Waals surface area contributed by atoms with Crippen LogP contribution >= 0.6 is 11.8 Å². The number of benzene rings is 7. The lowest BCUT2D eigenvalue weighted by Gasteiger charge is -2.35. The fourth-order valence-electron chi connectivity index (χ4n) is 10.2. The Morgan fingerprint density at radius 1 is 0.508 bits per heavy atom. The third kappa shape index (κ3) is 4.84. The average molecular weight is 791 g/mol. The van der Waals surface area contributed by atoms with E-state index < -0.39 is 8.07 Å². The van der Waals surface area contributed by atoms with E-state index in [1.54, 1.807) is 0 Å². The van der Waals surface area contributed by atoms with Gasteiger partial charge in [-0.25, -0.2) is 9.97 Å². The highest BCUT2D eigenvalue weighted by Gasteiger charge is 2.42. The van der Waals surface area contributed by atoms with Crippen LogP contribution in [0.25, 0.3) is 54.9 Å². The second-order valence-corrected chi connectivity index (χ2v) is 21.1. The summed E-state index contributed by atoms with van der Waals surface area (Å²) in [6.45, 7) is 4.75. The fraction of sp³-hybridized carbons (Fsp3) is 0.0566. The number of aromatic nitrogens is 4. The van der Waals surface area contributed by atoms with Crippen LogP contribution in [0.3, 0.4) is 0 Å². The van der Waals surface area contributed by atoms with Gasteiger partial charge in [-0.3, -0.25) is 8.97 Å². The van der Waals surface area contributed by atoms with Crippen LogP contribution in [0.1, 0.15) is 25.0 Å². The Bertz CT molecular complexity index is 3420. The monoisotopic (exact) mass is 790 g/mol. The molecule has 6 heteroatoms. The van der Waals surface area contributed by atoms with Gasteiger partial charge in [0.2, 0.25) is 0 Å². The molecule has 0 radical (unpaired) electrons. The molecule has 0 fully saturated rings. The maximum Gasteiger partial charge on any atom is 0.179 e. The Morgan fingerprint density at radius 3 is 1.97 bits per heavy atom. The molecule has 0 aliphatic carbocycles. The molecule has 0 spiro atoms. The van der Waals surface area contributed by atoms with Crippen molar-refractivity contribution in [2.45, 2.75) is 29.1 Å². The largest absolute Gasteiger partial charge is 0.299 e. The second kappa shape index (κ2) is 12.9. The number of hydrogen-bond acceptors (Lipinski definition) is 3. The molecule has 1 aliphatic rings. The molecular formula is C53H38N4SSi. The fourth-order valence-corrected chi connectivity index (χ4v) is 16.4. The number of hydrogen-bond donors (Lipinski definition) is 0. The summed E-state index contributed by atoms with van der Waals surface area (Å²) < 4.78 is 4.65. The highest BCUT2D eigenvalue weighted by molar-refractivity contribution is 7.99. The van der Waals surface area contributed by atoms with Gasteiger partial charge in [0.1, 0.15) is 11.3 Å². The zero-order valence-corrected chi connectivity index (χ0v) is 34.5. The van der Waals surface area contributed by atoms with Gasteiger partial charge < -0.3 is 0 Å². The number of para-hydroxylation sites is 2. The molecule has 11 aromatic rings. The molecule has 4 aromatic heterocycles. The van der Waals surface area contributed by atoms with Gasteiger partial charge in [0.05, 0.1) is 11.0 Å². The number of nitrogens with zero attached hydrogens (tertiary/aromatic N) is 4. The molecular weight excluding hydrogens is 753 g/mol. The summed E-state index contributed by atoms with van der Waals surface area (Å²) in [7, 11) is -2.99. The summed E-state index contributed by atoms with van der Waals surface area (Å²) in [5.41, 5.74) is 7.89. The molecule has 7 aromatic carbocycles. The Morgan fingerprint density at radius 2 is 1.17 bits per heavy atom. The van der Waals surface area contributed by atoms with E-state index >= 15 is 0 Å². The van der Waals surface area contributed by atoms with Crippen molar-refractivity contribution in [3.8, 4) is 5.69 Å². The minimum absolute atomic E-state index is 0.209. The minimum atomic E-state index is -2.99. The first-order valence-electron chi connectivity index (χ1n) is 20.2. The van der Waals surface area contributed by atoms with Crippen LogP contribution in [0.5, 0.6) is 0 Å². The number of rotatable bonds is 5. The molecule has 12 rings (SSSR count). The molecule has 0 atom stereocenters. The molecule has 0 bridgehead atoms. The normalized spacial score (nSPS) is 13.7. The zero-order chi connectivity index (χ0) is 39.3. The van der Waals surface area contributed by atoms with Crippen molar-refractivity contribution >= 4 is 89.8 Å². The molecule has 5 heterocycles. The number of fused-ring (bicyclic) bond motifs is 12. The second-order valence-electron chi connectivity index (χ2n) is 16.2. The van der Waals surface area contributed by atoms with E-state index in [1.165, 1.54) is 63.2 Å². The third-order valence-corrected chi connectivity index (χ3v) is 18.7. The molecule has 0 unspecified atom stereocenters. The standard InChI is InChI=1S/C53H38N4SSi/c1-53(2)44-24-11-14-27-47(44)58-48-34-55-52-49(50(48)53)42-23-10-13-26-46(42)57(52)35-16-15-21-38(32-35)59(36-17-5-3-6-18-36,37-19-7-4-8-20-37)39-28-29-40-41-22-9-12-25-45(41)56-31-30-54-51(56)43(40)33-39/h3-34H,1-2H3. The Hall–Kier alpha value is -6.73. The van der Waals surface area contributed by atoms with Crippen molar-refractivity contribution in [1.29, 1.82) is 0 Å². The zero-order valence-electron chi connectivity index (χ0n) is 32.7. The first-order chi connectivity index (χ1) is 29.0. The summed E-state index contributed by atoms with van der Waals surface area (Å²) in [4.78, 5) is 12.8. The van der Waals surface area contributed by atoms with Crippen LogP contribution < -0.4 is 20.7 Å². The molecule has 4 nitrogen and oxygen atoms in total. The van der Waals surface area contributed by atoms with E-state index in [4.69, 9.17) is 9.97 Å². The predicted octanol–water partition coefficient (Wildman–Crippen LogP) is 10.3. The summed E-state index contributed by atoms with van der Waals surface area (Å²) in [6, 6.07) is 65.4. The van der Waals surface area contributed by atoms with E-state index in [2.05, 4.69) is 211 Å². The van der Waals surface area contributed by atoms with Gasteiger partial charge in [-0.2, -0.15) is 0 Å². The highest BCUT2D eigenvalue weighted by atomic mass is 32.2. The van der Waals surface area contributed by atoms with Crippen molar-refractivity contribution < 1.29 is 0 Å². The lowest BCUT2D eigenvalue weighted by Crippen LogP contribution is -2.74. The van der Waals surface area contributed by atoms with Gasteiger partial charge in [-0.1, -0.05) is 171 Å². The van der Waals surface area contributed by atoms with E-state index in [0.717, 1.165) is 33.4 Å². The van der Waals surface area contributed by atoms with Crippen LogP contribution in [0.4, 0.5) is 0 Å². The van der Waals surface area contributed by atoms with E-state index in [-0.39, 0.29) is 5.41 Å². The van der Waals surface area contributed by atoms with Crippen molar-refractivity contribution in [3.05, 3.63) is 206 Å². The van der Waals surface area contributed by atoms with Gasteiger partial charge in [-0.15, -0.1) is 0 Å². The molecule has 0 N–H and O–H groups in total. The van der Waals surface area contributed by atoms with Crippen LogP contribution in [-0.2, 0) is 5.41 Å². The summed E-state index contributed by atoms with van der Waals surface area (Å²) in [5.74, 6) is 0. The highest BCUT2D eigenvalue weighted by Crippen LogP contribution is 2.52. The Kier molecular flexibility index (Phi) is 7.50. The molecule has 1 aliphatic heterocycles. The summed E-state index contributed by atoms with van der Waals surface area (Å²) >= 11 is 1.84.